The van der Waals surface area contributed by atoms with Gasteiger partial charge in [0.25, 0.3) is 0 Å². The van der Waals surface area contributed by atoms with Crippen molar-refractivity contribution >= 4 is 27.5 Å². The lowest BCUT2D eigenvalue weighted by atomic mass is 10.2. The second-order valence-electron chi connectivity index (χ2n) is 8.36. The van der Waals surface area contributed by atoms with Crippen molar-refractivity contribution in [2.75, 3.05) is 44.6 Å². The highest BCUT2D eigenvalue weighted by Gasteiger charge is 2.42. The van der Waals surface area contributed by atoms with E-state index in [4.69, 9.17) is 0 Å². The van der Waals surface area contributed by atoms with Gasteiger partial charge in [-0.1, -0.05) is 18.2 Å². The average molecular weight is 493 g/mol. The number of amides is 2. The van der Waals surface area contributed by atoms with Crippen molar-refractivity contribution in [2.45, 2.75) is 23.8 Å². The summed E-state index contributed by atoms with van der Waals surface area (Å²) in [6, 6.07) is 9.92. The van der Waals surface area contributed by atoms with E-state index in [1.165, 1.54) is 36.4 Å². The van der Waals surface area contributed by atoms with Crippen LogP contribution in [0.2, 0.25) is 0 Å². The fraction of sp³-hybridized carbons (Fsp3) is 0.391. The molecule has 8 nitrogen and oxygen atoms in total. The van der Waals surface area contributed by atoms with Gasteiger partial charge in [0.15, 0.2) is 0 Å². The van der Waals surface area contributed by atoms with Crippen molar-refractivity contribution in [2.24, 2.45) is 0 Å². The molecule has 34 heavy (non-hydrogen) atoms. The van der Waals surface area contributed by atoms with Crippen LogP contribution in [0.3, 0.4) is 0 Å². The molecule has 1 atom stereocenters. The van der Waals surface area contributed by atoms with Gasteiger partial charge in [-0.3, -0.25) is 14.5 Å². The highest BCUT2D eigenvalue weighted by Crippen LogP contribution is 2.28. The maximum atomic E-state index is 14.2. The summed E-state index contributed by atoms with van der Waals surface area (Å²) in [5, 5.41) is 2.65. The van der Waals surface area contributed by atoms with Crippen LogP contribution in [0.15, 0.2) is 53.4 Å². The summed E-state index contributed by atoms with van der Waals surface area (Å²) < 4.78 is 54.6. The molecule has 4 rings (SSSR count). The molecule has 2 aromatic rings. The first-order valence-electron chi connectivity index (χ1n) is 11.1. The minimum absolute atomic E-state index is 0.0930. The zero-order valence-corrected chi connectivity index (χ0v) is 19.3. The molecule has 0 spiro atoms. The van der Waals surface area contributed by atoms with E-state index in [2.05, 4.69) is 5.32 Å². The number of hydrogen-bond donors (Lipinski definition) is 1. The Morgan fingerprint density at radius 3 is 2.41 bits per heavy atom. The Morgan fingerprint density at radius 2 is 1.71 bits per heavy atom. The van der Waals surface area contributed by atoms with Gasteiger partial charge in [-0.2, -0.15) is 4.31 Å². The van der Waals surface area contributed by atoms with E-state index in [-0.39, 0.29) is 24.9 Å². The van der Waals surface area contributed by atoms with Crippen LogP contribution in [0.5, 0.6) is 0 Å². The topological polar surface area (TPSA) is 90.0 Å². The van der Waals surface area contributed by atoms with Crippen molar-refractivity contribution in [1.29, 1.82) is 0 Å². The SMILES string of the molecule is O=C(CN1CCN(C(=O)C2CCCN2S(=O)(=O)c2ccccc2F)CC1)Nc1cccc(F)c1. The predicted octanol–water partition coefficient (Wildman–Crippen LogP) is 1.90. The van der Waals surface area contributed by atoms with Crippen LogP contribution in [0.1, 0.15) is 12.8 Å². The van der Waals surface area contributed by atoms with Gasteiger partial charge in [0.2, 0.25) is 21.8 Å². The maximum Gasteiger partial charge on any atom is 0.246 e. The number of sulfonamides is 1. The standard InChI is InChI=1S/C23H26F2N4O4S/c24-17-5-3-6-18(15-17)26-22(30)16-27-11-13-28(14-12-27)23(31)20-8-4-10-29(20)34(32,33)21-9-2-1-7-19(21)25/h1-3,5-7,9,15,20H,4,8,10-14,16H2,(H,26,30). The molecule has 2 heterocycles. The lowest BCUT2D eigenvalue weighted by molar-refractivity contribution is -0.136. The van der Waals surface area contributed by atoms with Crippen LogP contribution in [-0.4, -0.2) is 79.6 Å². The molecule has 0 saturated carbocycles. The van der Waals surface area contributed by atoms with E-state index in [0.29, 0.717) is 44.7 Å². The van der Waals surface area contributed by atoms with Gasteiger partial charge < -0.3 is 10.2 Å². The molecule has 182 valence electrons. The Kier molecular flexibility index (Phi) is 7.24. The molecule has 2 aromatic carbocycles. The number of hydrogen-bond acceptors (Lipinski definition) is 5. The van der Waals surface area contributed by atoms with Crippen molar-refractivity contribution in [3.63, 3.8) is 0 Å². The van der Waals surface area contributed by atoms with Crippen molar-refractivity contribution in [1.82, 2.24) is 14.1 Å². The number of nitrogens with zero attached hydrogens (tertiary/aromatic N) is 3. The molecule has 1 unspecified atom stereocenters. The van der Waals surface area contributed by atoms with Gasteiger partial charge in [-0.05, 0) is 43.2 Å². The van der Waals surface area contributed by atoms with E-state index in [1.54, 1.807) is 11.0 Å². The summed E-state index contributed by atoms with van der Waals surface area (Å²) in [6.45, 7) is 1.82. The quantitative estimate of drug-likeness (QED) is 0.666. The Morgan fingerprint density at radius 1 is 0.971 bits per heavy atom. The molecule has 0 aliphatic carbocycles. The summed E-state index contributed by atoms with van der Waals surface area (Å²) in [6.07, 6.45) is 0.896. The molecule has 2 saturated heterocycles. The molecule has 0 bridgehead atoms. The molecule has 2 aliphatic heterocycles. The molecular weight excluding hydrogens is 466 g/mol. The monoisotopic (exact) mass is 492 g/mol. The third-order valence-electron chi connectivity index (χ3n) is 6.07. The largest absolute Gasteiger partial charge is 0.339 e. The highest BCUT2D eigenvalue weighted by molar-refractivity contribution is 7.89. The lowest BCUT2D eigenvalue weighted by Gasteiger charge is -2.36. The number of halogens is 2. The van der Waals surface area contributed by atoms with Crippen LogP contribution in [0, 0.1) is 11.6 Å². The number of carbonyl (C=O) groups is 2. The van der Waals surface area contributed by atoms with Gasteiger partial charge in [0.1, 0.15) is 22.6 Å². The first-order valence-corrected chi connectivity index (χ1v) is 12.5. The van der Waals surface area contributed by atoms with E-state index >= 15 is 0 Å². The maximum absolute atomic E-state index is 14.2. The zero-order chi connectivity index (χ0) is 24.3. The minimum atomic E-state index is -4.14. The van der Waals surface area contributed by atoms with Crippen LogP contribution in [0.25, 0.3) is 0 Å². The molecule has 11 heteroatoms. The van der Waals surface area contributed by atoms with Crippen LogP contribution < -0.4 is 5.32 Å². The van der Waals surface area contributed by atoms with Gasteiger partial charge in [-0.15, -0.1) is 0 Å². The summed E-state index contributed by atoms with van der Waals surface area (Å²) >= 11 is 0. The number of benzene rings is 2. The number of piperazine rings is 1. The molecule has 1 N–H and O–H groups in total. The summed E-state index contributed by atoms with van der Waals surface area (Å²) in [5.41, 5.74) is 0.371. The van der Waals surface area contributed by atoms with Crippen LogP contribution in [0.4, 0.5) is 14.5 Å². The normalized spacial score (nSPS) is 19.8. The third kappa shape index (κ3) is 5.26. The van der Waals surface area contributed by atoms with Crippen LogP contribution in [-0.2, 0) is 19.6 Å². The van der Waals surface area contributed by atoms with Crippen molar-refractivity contribution in [3.8, 4) is 0 Å². The van der Waals surface area contributed by atoms with E-state index in [1.807, 2.05) is 4.90 Å². The van der Waals surface area contributed by atoms with Gasteiger partial charge in [0, 0.05) is 38.4 Å². The smallest absolute Gasteiger partial charge is 0.246 e. The minimum Gasteiger partial charge on any atom is -0.339 e. The van der Waals surface area contributed by atoms with E-state index in [9.17, 15) is 26.8 Å². The third-order valence-corrected chi connectivity index (χ3v) is 8.01. The fourth-order valence-corrected chi connectivity index (χ4v) is 6.08. The Labute approximate surface area is 197 Å². The Balaban J connectivity index is 1.34. The second kappa shape index (κ2) is 10.2. The number of nitrogens with one attached hydrogen (secondary N) is 1. The highest BCUT2D eigenvalue weighted by atomic mass is 32.2. The summed E-state index contributed by atoms with van der Waals surface area (Å²) in [5.74, 6) is -1.88. The molecule has 0 radical (unpaired) electrons. The first-order chi connectivity index (χ1) is 16.3. The van der Waals surface area contributed by atoms with Gasteiger partial charge in [-0.25, -0.2) is 17.2 Å². The van der Waals surface area contributed by atoms with Crippen LogP contribution >= 0.6 is 0 Å². The molecule has 2 aliphatic rings. The molecule has 0 aromatic heterocycles. The fourth-order valence-electron chi connectivity index (χ4n) is 4.36. The molecule has 2 fully saturated rings. The summed E-state index contributed by atoms with van der Waals surface area (Å²) in [7, 11) is -4.14. The average Bonchev–Trinajstić information content (AvgIpc) is 3.30. The van der Waals surface area contributed by atoms with Gasteiger partial charge in [0.05, 0.1) is 6.54 Å². The number of rotatable bonds is 6. The predicted molar refractivity (Wildman–Crippen MR) is 121 cm³/mol. The number of anilines is 1. The Bertz CT molecular complexity index is 1170. The molecular formula is C23H26F2N4O4S. The Hall–Kier alpha value is -2.89. The first kappa shape index (κ1) is 24.2. The number of carbonyl (C=O) groups excluding carboxylic acids is 2. The van der Waals surface area contributed by atoms with E-state index < -0.39 is 32.6 Å². The lowest BCUT2D eigenvalue weighted by Crippen LogP contribution is -2.55. The second-order valence-corrected chi connectivity index (χ2v) is 10.2. The van der Waals surface area contributed by atoms with Gasteiger partial charge >= 0.3 is 0 Å². The summed E-state index contributed by atoms with van der Waals surface area (Å²) in [4.78, 5) is 28.5. The van der Waals surface area contributed by atoms with E-state index in [0.717, 1.165) is 10.4 Å². The van der Waals surface area contributed by atoms with Crippen molar-refractivity contribution in [3.05, 3.63) is 60.2 Å². The molecule has 2 amide bonds. The zero-order valence-electron chi connectivity index (χ0n) is 18.5. The van der Waals surface area contributed by atoms with Crippen molar-refractivity contribution < 1.29 is 26.8 Å².